The second kappa shape index (κ2) is 4.85. The molecule has 5 nitrogen and oxygen atoms in total. The zero-order valence-corrected chi connectivity index (χ0v) is 11.5. The van der Waals surface area contributed by atoms with Crippen LogP contribution in [0.1, 0.15) is 26.2 Å². The highest BCUT2D eigenvalue weighted by Gasteiger charge is 2.41. The zero-order valence-electron chi connectivity index (χ0n) is 10.7. The summed E-state index contributed by atoms with van der Waals surface area (Å²) in [4.78, 5) is 4.22. The van der Waals surface area contributed by atoms with Crippen molar-refractivity contribution in [2.75, 3.05) is 18.9 Å². The van der Waals surface area contributed by atoms with Crippen molar-refractivity contribution in [3.63, 3.8) is 0 Å². The van der Waals surface area contributed by atoms with Crippen molar-refractivity contribution >= 4 is 15.8 Å². The quantitative estimate of drug-likeness (QED) is 0.822. The molecule has 2 N–H and O–H groups in total. The van der Waals surface area contributed by atoms with E-state index in [1.807, 2.05) is 0 Å². The smallest absolute Gasteiger partial charge is 0.244 e. The lowest BCUT2D eigenvalue weighted by Crippen LogP contribution is -2.30. The molecular formula is C12H19N3O2S. The molecule has 0 saturated heterocycles. The molecule has 0 aliphatic heterocycles. The van der Waals surface area contributed by atoms with Crippen molar-refractivity contribution in [1.82, 2.24) is 9.71 Å². The van der Waals surface area contributed by atoms with E-state index in [0.717, 1.165) is 19.3 Å². The molecule has 100 valence electrons. The highest BCUT2D eigenvalue weighted by Crippen LogP contribution is 2.48. The van der Waals surface area contributed by atoms with Gasteiger partial charge in [0.15, 0.2) is 0 Å². The van der Waals surface area contributed by atoms with Crippen LogP contribution in [0.2, 0.25) is 0 Å². The molecule has 1 fully saturated rings. The van der Waals surface area contributed by atoms with Gasteiger partial charge in [-0.1, -0.05) is 6.92 Å². The number of pyridine rings is 1. The molecular weight excluding hydrogens is 250 g/mol. The standard InChI is InChI=1S/C12H19N3O2S/c1-3-12(6-7-12)9-15-18(16,17)10-5-4-8-14-11(10)13-2/h4-5,8,15H,3,6-7,9H2,1-2H3,(H,13,14). The molecule has 1 aliphatic rings. The van der Waals surface area contributed by atoms with Crippen molar-refractivity contribution < 1.29 is 8.42 Å². The minimum atomic E-state index is -3.48. The maximum atomic E-state index is 12.2. The first-order valence-corrected chi connectivity index (χ1v) is 7.64. The summed E-state index contributed by atoms with van der Waals surface area (Å²) in [7, 11) is -1.82. The number of nitrogens with zero attached hydrogens (tertiary/aromatic N) is 1. The Kier molecular flexibility index (Phi) is 3.59. The van der Waals surface area contributed by atoms with Crippen LogP contribution in [0.4, 0.5) is 5.82 Å². The first-order chi connectivity index (χ1) is 8.53. The average Bonchev–Trinajstić information content (AvgIpc) is 3.17. The molecule has 0 atom stereocenters. The van der Waals surface area contributed by atoms with Crippen LogP contribution < -0.4 is 10.0 Å². The van der Waals surface area contributed by atoms with Crippen LogP contribution in [-0.2, 0) is 10.0 Å². The van der Waals surface area contributed by atoms with Crippen molar-refractivity contribution in [1.29, 1.82) is 0 Å². The number of anilines is 1. The van der Waals surface area contributed by atoms with Gasteiger partial charge in [0.1, 0.15) is 10.7 Å². The van der Waals surface area contributed by atoms with Gasteiger partial charge in [-0.15, -0.1) is 0 Å². The largest absolute Gasteiger partial charge is 0.372 e. The summed E-state index contributed by atoms with van der Waals surface area (Å²) in [6.07, 6.45) is 4.80. The highest BCUT2D eigenvalue weighted by molar-refractivity contribution is 7.89. The first kappa shape index (κ1) is 13.3. The van der Waals surface area contributed by atoms with Gasteiger partial charge >= 0.3 is 0 Å². The lowest BCUT2D eigenvalue weighted by Gasteiger charge is -2.15. The first-order valence-electron chi connectivity index (χ1n) is 6.15. The van der Waals surface area contributed by atoms with Crippen LogP contribution in [0, 0.1) is 5.41 Å². The molecule has 18 heavy (non-hydrogen) atoms. The van der Waals surface area contributed by atoms with E-state index in [1.165, 1.54) is 0 Å². The third kappa shape index (κ3) is 2.64. The van der Waals surface area contributed by atoms with Crippen molar-refractivity contribution in [2.45, 2.75) is 31.1 Å². The van der Waals surface area contributed by atoms with Crippen LogP contribution in [-0.4, -0.2) is 27.0 Å². The Hall–Kier alpha value is -1.14. The molecule has 0 radical (unpaired) electrons. The molecule has 0 unspecified atom stereocenters. The van der Waals surface area contributed by atoms with Gasteiger partial charge in [-0.3, -0.25) is 0 Å². The van der Waals surface area contributed by atoms with E-state index < -0.39 is 10.0 Å². The Labute approximate surface area is 108 Å². The van der Waals surface area contributed by atoms with Gasteiger partial charge in [0.2, 0.25) is 10.0 Å². The highest BCUT2D eigenvalue weighted by atomic mass is 32.2. The van der Waals surface area contributed by atoms with Crippen molar-refractivity contribution in [3.8, 4) is 0 Å². The summed E-state index contributed by atoms with van der Waals surface area (Å²) < 4.78 is 27.1. The summed E-state index contributed by atoms with van der Waals surface area (Å²) in [6, 6.07) is 3.19. The minimum absolute atomic E-state index is 0.190. The SMILES string of the molecule is CCC1(CNS(=O)(=O)c2cccnc2NC)CC1. The third-order valence-electron chi connectivity index (χ3n) is 3.64. The van der Waals surface area contributed by atoms with Gasteiger partial charge in [-0.2, -0.15) is 0 Å². The summed E-state index contributed by atoms with van der Waals surface area (Å²) in [5, 5.41) is 2.80. The number of sulfonamides is 1. The Bertz CT molecular complexity index is 524. The molecule has 0 amide bonds. The van der Waals surface area contributed by atoms with E-state index in [0.29, 0.717) is 12.4 Å². The predicted molar refractivity (Wildman–Crippen MR) is 70.9 cm³/mol. The summed E-state index contributed by atoms with van der Waals surface area (Å²) in [6.45, 7) is 2.62. The van der Waals surface area contributed by atoms with E-state index >= 15 is 0 Å². The Morgan fingerprint density at radius 2 is 2.17 bits per heavy atom. The fourth-order valence-corrected chi connectivity index (χ4v) is 3.27. The Morgan fingerprint density at radius 3 is 2.72 bits per heavy atom. The topological polar surface area (TPSA) is 71.1 Å². The second-order valence-electron chi connectivity index (χ2n) is 4.78. The van der Waals surface area contributed by atoms with Gasteiger partial charge in [0, 0.05) is 19.8 Å². The summed E-state index contributed by atoms with van der Waals surface area (Å²) in [5.41, 5.74) is 0.190. The van der Waals surface area contributed by atoms with E-state index in [4.69, 9.17) is 0 Å². The monoisotopic (exact) mass is 269 g/mol. The normalized spacial score (nSPS) is 17.4. The van der Waals surface area contributed by atoms with Gasteiger partial charge in [-0.05, 0) is 36.8 Å². The minimum Gasteiger partial charge on any atom is -0.372 e. The number of rotatable bonds is 6. The lowest BCUT2D eigenvalue weighted by atomic mass is 10.1. The maximum absolute atomic E-state index is 12.2. The van der Waals surface area contributed by atoms with Crippen LogP contribution in [0.5, 0.6) is 0 Å². The number of hydrogen-bond acceptors (Lipinski definition) is 4. The lowest BCUT2D eigenvalue weighted by molar-refractivity contribution is 0.475. The third-order valence-corrected chi connectivity index (χ3v) is 5.07. The molecule has 1 saturated carbocycles. The van der Waals surface area contributed by atoms with Gasteiger partial charge in [-0.25, -0.2) is 18.1 Å². The van der Waals surface area contributed by atoms with Crippen LogP contribution in [0.3, 0.4) is 0 Å². The fourth-order valence-electron chi connectivity index (χ4n) is 1.95. The number of nitrogens with one attached hydrogen (secondary N) is 2. The number of aromatic nitrogens is 1. The Morgan fingerprint density at radius 1 is 1.44 bits per heavy atom. The van der Waals surface area contributed by atoms with E-state index in [2.05, 4.69) is 21.9 Å². The fraction of sp³-hybridized carbons (Fsp3) is 0.583. The number of hydrogen-bond donors (Lipinski definition) is 2. The van der Waals surface area contributed by atoms with Crippen LogP contribution in [0.25, 0.3) is 0 Å². The van der Waals surface area contributed by atoms with Crippen LogP contribution >= 0.6 is 0 Å². The predicted octanol–water partition coefficient (Wildman–Crippen LogP) is 1.59. The van der Waals surface area contributed by atoms with E-state index in [9.17, 15) is 8.42 Å². The van der Waals surface area contributed by atoms with Gasteiger partial charge in [0.25, 0.3) is 0 Å². The molecule has 0 aromatic carbocycles. The molecule has 0 spiro atoms. The summed E-state index contributed by atoms with van der Waals surface area (Å²) >= 11 is 0. The zero-order chi connectivity index (χ0) is 13.2. The van der Waals surface area contributed by atoms with E-state index in [1.54, 1.807) is 25.4 Å². The molecule has 1 aromatic heterocycles. The average molecular weight is 269 g/mol. The molecule has 0 bridgehead atoms. The van der Waals surface area contributed by atoms with Gasteiger partial charge in [0.05, 0.1) is 0 Å². The van der Waals surface area contributed by atoms with Crippen molar-refractivity contribution in [3.05, 3.63) is 18.3 Å². The molecule has 2 rings (SSSR count). The van der Waals surface area contributed by atoms with Crippen molar-refractivity contribution in [2.24, 2.45) is 5.41 Å². The Balaban J connectivity index is 2.15. The molecule has 1 aliphatic carbocycles. The molecule has 1 heterocycles. The maximum Gasteiger partial charge on any atom is 0.244 e. The second-order valence-corrected chi connectivity index (χ2v) is 6.51. The molecule has 6 heteroatoms. The van der Waals surface area contributed by atoms with Gasteiger partial charge < -0.3 is 5.32 Å². The molecule has 1 aromatic rings. The van der Waals surface area contributed by atoms with Crippen LogP contribution in [0.15, 0.2) is 23.2 Å². The summed E-state index contributed by atoms with van der Waals surface area (Å²) in [5.74, 6) is 0.381. The van der Waals surface area contributed by atoms with E-state index in [-0.39, 0.29) is 10.3 Å².